The molecule has 1 N–H and O–H groups in total. The molecule has 3 aromatic rings. The first-order valence-electron chi connectivity index (χ1n) is 8.66. The van der Waals surface area contributed by atoms with E-state index in [-0.39, 0.29) is 18.0 Å². The van der Waals surface area contributed by atoms with Crippen LogP contribution in [0.4, 0.5) is 5.13 Å². The van der Waals surface area contributed by atoms with Crippen molar-refractivity contribution >= 4 is 43.9 Å². The number of nitrogens with one attached hydrogen (secondary N) is 1. The number of carbonyl (C=O) groups excluding carboxylic acids is 1. The van der Waals surface area contributed by atoms with Crippen LogP contribution in [0.3, 0.4) is 0 Å². The van der Waals surface area contributed by atoms with Gasteiger partial charge in [-0.1, -0.05) is 18.3 Å². The van der Waals surface area contributed by atoms with Crippen LogP contribution in [0.15, 0.2) is 11.1 Å². The molecule has 1 aliphatic carbocycles. The van der Waals surface area contributed by atoms with Crippen molar-refractivity contribution < 1.29 is 9.53 Å². The lowest BCUT2D eigenvalue weighted by molar-refractivity contribution is -0.116. The van der Waals surface area contributed by atoms with Crippen LogP contribution in [0.2, 0.25) is 0 Å². The molecule has 0 saturated heterocycles. The quantitative estimate of drug-likeness (QED) is 0.699. The minimum absolute atomic E-state index is 0.109. The van der Waals surface area contributed by atoms with Crippen LogP contribution in [0.25, 0.3) is 10.2 Å². The molecule has 0 bridgehead atoms. The molecule has 3 aromatic heterocycles. The van der Waals surface area contributed by atoms with Gasteiger partial charge in [-0.2, -0.15) is 0 Å². The number of hydrogen-bond acceptors (Lipinski definition) is 8. The fourth-order valence-electron chi connectivity index (χ4n) is 3.28. The van der Waals surface area contributed by atoms with Crippen molar-refractivity contribution in [3.8, 4) is 0 Å². The molecule has 0 saturated carbocycles. The number of anilines is 1. The minimum Gasteiger partial charge on any atom is -0.377 e. The molecule has 1 atom stereocenters. The van der Waals surface area contributed by atoms with Crippen molar-refractivity contribution in [1.29, 1.82) is 0 Å². The van der Waals surface area contributed by atoms with Crippen molar-refractivity contribution in [3.05, 3.63) is 32.1 Å². The number of methoxy groups -OCH3 is 1. The van der Waals surface area contributed by atoms with E-state index in [2.05, 4.69) is 27.4 Å². The number of aryl methyl sites for hydroxylation is 1. The maximum Gasteiger partial charge on any atom is 0.262 e. The maximum absolute atomic E-state index is 12.9. The van der Waals surface area contributed by atoms with Gasteiger partial charge < -0.3 is 4.74 Å². The van der Waals surface area contributed by atoms with E-state index in [1.807, 2.05) is 0 Å². The number of amides is 1. The molecule has 1 aliphatic rings. The number of hydrogen-bond donors (Lipinski definition) is 1. The zero-order valence-electron chi connectivity index (χ0n) is 15.0. The van der Waals surface area contributed by atoms with Crippen LogP contribution in [0.5, 0.6) is 0 Å². The fraction of sp³-hybridized carbons (Fsp3) is 0.471. The van der Waals surface area contributed by atoms with Crippen LogP contribution < -0.4 is 10.9 Å². The number of carbonyl (C=O) groups is 1. The zero-order valence-corrected chi connectivity index (χ0v) is 16.7. The molecule has 0 aliphatic heterocycles. The largest absolute Gasteiger partial charge is 0.377 e. The SMILES string of the molecule is COCc1nnc(NC(=O)Cn2cnc3sc4c(c3c2=O)CCC(C)C4)s1. The van der Waals surface area contributed by atoms with Gasteiger partial charge in [-0.3, -0.25) is 19.5 Å². The molecule has 3 heterocycles. The highest BCUT2D eigenvalue weighted by atomic mass is 32.1. The molecule has 0 aromatic carbocycles. The van der Waals surface area contributed by atoms with Crippen LogP contribution in [-0.2, 0) is 35.5 Å². The topological polar surface area (TPSA) is 99.0 Å². The summed E-state index contributed by atoms with van der Waals surface area (Å²) in [5.74, 6) is 0.296. The highest BCUT2D eigenvalue weighted by molar-refractivity contribution is 7.18. The van der Waals surface area contributed by atoms with Gasteiger partial charge >= 0.3 is 0 Å². The molecular formula is C17H19N5O3S2. The number of rotatable bonds is 5. The summed E-state index contributed by atoms with van der Waals surface area (Å²) in [5.41, 5.74) is 0.966. The molecule has 142 valence electrons. The third-order valence-corrected chi connectivity index (χ3v) is 6.55. The average molecular weight is 406 g/mol. The Morgan fingerprint density at radius 3 is 3.07 bits per heavy atom. The standard InChI is InChI=1S/C17H19N5O3S2/c1-9-3-4-10-11(5-9)26-15-14(10)16(24)22(8-18-15)6-12(23)19-17-21-20-13(27-17)7-25-2/h8-9H,3-7H2,1-2H3,(H,19,21,23). The number of nitrogens with zero attached hydrogens (tertiary/aromatic N) is 4. The number of ether oxygens (including phenoxy) is 1. The Bertz CT molecular complexity index is 1050. The van der Waals surface area contributed by atoms with Crippen molar-refractivity contribution in [2.24, 2.45) is 5.92 Å². The molecule has 8 nitrogen and oxygen atoms in total. The first-order valence-corrected chi connectivity index (χ1v) is 10.3. The second-order valence-corrected chi connectivity index (χ2v) is 8.84. The second kappa shape index (κ2) is 7.45. The number of thiophene rings is 1. The Kier molecular flexibility index (Phi) is 5.02. The van der Waals surface area contributed by atoms with Gasteiger partial charge in [0.25, 0.3) is 5.56 Å². The lowest BCUT2D eigenvalue weighted by Crippen LogP contribution is -2.28. The van der Waals surface area contributed by atoms with Crippen molar-refractivity contribution in [1.82, 2.24) is 19.7 Å². The lowest BCUT2D eigenvalue weighted by atomic mass is 9.89. The highest BCUT2D eigenvalue weighted by Gasteiger charge is 2.23. The van der Waals surface area contributed by atoms with E-state index in [1.165, 1.54) is 27.1 Å². The van der Waals surface area contributed by atoms with Gasteiger partial charge in [0.2, 0.25) is 11.0 Å². The van der Waals surface area contributed by atoms with E-state index in [9.17, 15) is 9.59 Å². The van der Waals surface area contributed by atoms with E-state index < -0.39 is 0 Å². The smallest absolute Gasteiger partial charge is 0.262 e. The van der Waals surface area contributed by atoms with Gasteiger partial charge in [0.1, 0.15) is 23.0 Å². The molecular weight excluding hydrogens is 386 g/mol. The fourth-order valence-corrected chi connectivity index (χ4v) is 5.35. The normalized spacial score (nSPS) is 16.4. The Morgan fingerprint density at radius 2 is 2.26 bits per heavy atom. The molecule has 4 rings (SSSR count). The first-order chi connectivity index (χ1) is 13.0. The third kappa shape index (κ3) is 3.64. The summed E-state index contributed by atoms with van der Waals surface area (Å²) in [6, 6.07) is 0. The summed E-state index contributed by atoms with van der Waals surface area (Å²) in [6.45, 7) is 2.46. The third-order valence-electron chi connectivity index (χ3n) is 4.58. The Balaban J connectivity index is 1.55. The molecule has 0 radical (unpaired) electrons. The molecule has 27 heavy (non-hydrogen) atoms. The van der Waals surface area contributed by atoms with E-state index in [4.69, 9.17) is 4.74 Å². The van der Waals surface area contributed by atoms with Gasteiger partial charge in [0.05, 0.1) is 11.7 Å². The van der Waals surface area contributed by atoms with Crippen LogP contribution in [0.1, 0.15) is 28.8 Å². The van der Waals surface area contributed by atoms with E-state index >= 15 is 0 Å². The second-order valence-electron chi connectivity index (χ2n) is 6.69. The monoisotopic (exact) mass is 405 g/mol. The number of aromatic nitrogens is 4. The zero-order chi connectivity index (χ0) is 19.0. The molecule has 10 heteroatoms. The Labute approximate surface area is 163 Å². The molecule has 1 unspecified atom stereocenters. The maximum atomic E-state index is 12.9. The van der Waals surface area contributed by atoms with Crippen LogP contribution >= 0.6 is 22.7 Å². The van der Waals surface area contributed by atoms with Crippen molar-refractivity contribution in [2.45, 2.75) is 39.3 Å². The van der Waals surface area contributed by atoms with E-state index in [1.54, 1.807) is 18.4 Å². The van der Waals surface area contributed by atoms with Gasteiger partial charge in [0, 0.05) is 12.0 Å². The van der Waals surface area contributed by atoms with E-state index in [0.29, 0.717) is 28.1 Å². The van der Waals surface area contributed by atoms with Gasteiger partial charge in [-0.25, -0.2) is 4.98 Å². The van der Waals surface area contributed by atoms with Crippen molar-refractivity contribution in [3.63, 3.8) is 0 Å². The average Bonchev–Trinajstić information content (AvgIpc) is 3.21. The van der Waals surface area contributed by atoms with Gasteiger partial charge in [-0.05, 0) is 30.7 Å². The summed E-state index contributed by atoms with van der Waals surface area (Å²) >= 11 is 2.84. The molecule has 1 amide bonds. The van der Waals surface area contributed by atoms with Crippen LogP contribution in [-0.4, -0.2) is 32.8 Å². The summed E-state index contributed by atoms with van der Waals surface area (Å²) in [6.07, 6.45) is 4.43. The van der Waals surface area contributed by atoms with Crippen LogP contribution in [0, 0.1) is 5.92 Å². The van der Waals surface area contributed by atoms with Gasteiger partial charge in [0.15, 0.2) is 0 Å². The minimum atomic E-state index is -0.337. The Hall–Kier alpha value is -2.17. The van der Waals surface area contributed by atoms with Gasteiger partial charge in [-0.15, -0.1) is 21.5 Å². The Morgan fingerprint density at radius 1 is 1.41 bits per heavy atom. The predicted octanol–water partition coefficient (Wildman–Crippen LogP) is 2.22. The summed E-state index contributed by atoms with van der Waals surface area (Å²) < 4.78 is 6.35. The first kappa shape index (κ1) is 18.2. The summed E-state index contributed by atoms with van der Waals surface area (Å²) in [5, 5.41) is 12.2. The lowest BCUT2D eigenvalue weighted by Gasteiger charge is -2.17. The predicted molar refractivity (Wildman–Crippen MR) is 104 cm³/mol. The molecule has 0 spiro atoms. The number of fused-ring (bicyclic) bond motifs is 3. The highest BCUT2D eigenvalue weighted by Crippen LogP contribution is 2.35. The van der Waals surface area contributed by atoms with E-state index in [0.717, 1.165) is 29.7 Å². The summed E-state index contributed by atoms with van der Waals surface area (Å²) in [4.78, 5) is 31.7. The van der Waals surface area contributed by atoms with Crippen molar-refractivity contribution in [2.75, 3.05) is 12.4 Å². The molecule has 0 fully saturated rings. The summed E-state index contributed by atoms with van der Waals surface area (Å²) in [7, 11) is 1.57.